The summed E-state index contributed by atoms with van der Waals surface area (Å²) in [6.07, 6.45) is 5.93. The molecule has 3 N–H and O–H groups in total. The number of pyridine rings is 1. The van der Waals surface area contributed by atoms with E-state index in [0.717, 1.165) is 37.3 Å². The lowest BCUT2D eigenvalue weighted by molar-refractivity contribution is 0.217. The van der Waals surface area contributed by atoms with Gasteiger partial charge in [-0.2, -0.15) is 0 Å². The van der Waals surface area contributed by atoms with Crippen molar-refractivity contribution in [1.29, 1.82) is 0 Å². The molecular weight excluding hydrogens is 280 g/mol. The summed E-state index contributed by atoms with van der Waals surface area (Å²) in [4.78, 5) is 7.63. The minimum atomic E-state index is 0.445. The predicted molar refractivity (Wildman–Crippen MR) is 90.9 cm³/mol. The molecule has 1 fully saturated rings. The van der Waals surface area contributed by atoms with Gasteiger partial charge in [-0.1, -0.05) is 12.2 Å². The van der Waals surface area contributed by atoms with Gasteiger partial charge < -0.3 is 16.0 Å². The first-order valence-corrected chi connectivity index (χ1v) is 8.29. The fraction of sp³-hybridized carbons (Fsp3) is 0.625. The highest BCUT2D eigenvalue weighted by Crippen LogP contribution is 2.26. The maximum Gasteiger partial charge on any atom is 0.136 e. The van der Waals surface area contributed by atoms with Crippen molar-refractivity contribution < 1.29 is 0 Å². The Bertz CT molecular complexity index is 543. The van der Waals surface area contributed by atoms with Gasteiger partial charge in [0.15, 0.2) is 0 Å². The third kappa shape index (κ3) is 3.35. The molecule has 114 valence electrons. The van der Waals surface area contributed by atoms with Crippen LogP contribution in [0.25, 0.3) is 0 Å². The summed E-state index contributed by atoms with van der Waals surface area (Å²) in [5.41, 5.74) is 9.34. The van der Waals surface area contributed by atoms with Crippen molar-refractivity contribution in [2.75, 3.05) is 32.0 Å². The van der Waals surface area contributed by atoms with Crippen molar-refractivity contribution in [1.82, 2.24) is 9.88 Å². The molecule has 0 spiro atoms. The molecule has 1 aliphatic carbocycles. The number of hydrogen-bond acceptors (Lipinski definition) is 4. The van der Waals surface area contributed by atoms with E-state index in [9.17, 15) is 0 Å². The van der Waals surface area contributed by atoms with Crippen LogP contribution in [0.2, 0.25) is 0 Å². The van der Waals surface area contributed by atoms with E-state index in [-0.39, 0.29) is 0 Å². The summed E-state index contributed by atoms with van der Waals surface area (Å²) >= 11 is 5.20. The number of fused-ring (bicyclic) bond motifs is 1. The third-order valence-corrected chi connectivity index (χ3v) is 4.82. The molecule has 2 aliphatic rings. The highest BCUT2D eigenvalue weighted by Gasteiger charge is 2.20. The SMILES string of the molecule is CN1CCCC(CNc2nc3c(cc2C(N)=S)CCC3)C1. The van der Waals surface area contributed by atoms with Crippen LogP contribution in [-0.4, -0.2) is 41.6 Å². The summed E-state index contributed by atoms with van der Waals surface area (Å²) < 4.78 is 0. The number of hydrogen-bond donors (Lipinski definition) is 2. The van der Waals surface area contributed by atoms with Gasteiger partial charge in [0.05, 0.1) is 5.56 Å². The molecule has 3 rings (SSSR count). The van der Waals surface area contributed by atoms with Gasteiger partial charge >= 0.3 is 0 Å². The first kappa shape index (κ1) is 14.7. The van der Waals surface area contributed by atoms with E-state index in [1.165, 1.54) is 37.1 Å². The van der Waals surface area contributed by atoms with Gasteiger partial charge in [0, 0.05) is 18.8 Å². The Morgan fingerprint density at radius 1 is 1.48 bits per heavy atom. The van der Waals surface area contributed by atoms with E-state index in [4.69, 9.17) is 22.9 Å². The number of anilines is 1. The number of thiocarbonyl (C=S) groups is 1. The van der Waals surface area contributed by atoms with Crippen LogP contribution >= 0.6 is 12.2 Å². The minimum absolute atomic E-state index is 0.445. The third-order valence-electron chi connectivity index (χ3n) is 4.60. The van der Waals surface area contributed by atoms with Crippen LogP contribution in [0, 0.1) is 5.92 Å². The topological polar surface area (TPSA) is 54.2 Å². The molecule has 0 saturated carbocycles. The van der Waals surface area contributed by atoms with E-state index in [2.05, 4.69) is 23.3 Å². The fourth-order valence-corrected chi connectivity index (χ4v) is 3.63. The molecule has 0 amide bonds. The number of rotatable bonds is 4. The van der Waals surface area contributed by atoms with Crippen molar-refractivity contribution in [2.24, 2.45) is 11.7 Å². The minimum Gasteiger partial charge on any atom is -0.389 e. The van der Waals surface area contributed by atoms with E-state index in [0.29, 0.717) is 10.9 Å². The number of aryl methyl sites for hydroxylation is 2. The second-order valence-corrected chi connectivity index (χ2v) is 6.80. The summed E-state index contributed by atoms with van der Waals surface area (Å²) in [7, 11) is 2.19. The smallest absolute Gasteiger partial charge is 0.136 e. The van der Waals surface area contributed by atoms with Gasteiger partial charge in [-0.15, -0.1) is 0 Å². The van der Waals surface area contributed by atoms with Crippen LogP contribution in [0.5, 0.6) is 0 Å². The van der Waals surface area contributed by atoms with Crippen molar-refractivity contribution in [3.8, 4) is 0 Å². The Kier molecular flexibility index (Phi) is 4.40. The zero-order valence-corrected chi connectivity index (χ0v) is 13.5. The van der Waals surface area contributed by atoms with Crippen LogP contribution in [0.15, 0.2) is 6.07 Å². The van der Waals surface area contributed by atoms with E-state index < -0.39 is 0 Å². The second kappa shape index (κ2) is 6.28. The van der Waals surface area contributed by atoms with Crippen molar-refractivity contribution in [3.63, 3.8) is 0 Å². The molecule has 0 radical (unpaired) electrons. The van der Waals surface area contributed by atoms with Gasteiger partial charge in [-0.05, 0) is 63.2 Å². The zero-order valence-electron chi connectivity index (χ0n) is 12.7. The molecule has 0 aromatic carbocycles. The van der Waals surface area contributed by atoms with E-state index >= 15 is 0 Å². The average molecular weight is 304 g/mol. The average Bonchev–Trinajstić information content (AvgIpc) is 2.91. The molecule has 0 bridgehead atoms. The van der Waals surface area contributed by atoms with Crippen molar-refractivity contribution in [2.45, 2.75) is 32.1 Å². The largest absolute Gasteiger partial charge is 0.389 e. The molecule has 1 aliphatic heterocycles. The van der Waals surface area contributed by atoms with Crippen LogP contribution in [0.1, 0.15) is 36.1 Å². The lowest BCUT2D eigenvalue weighted by atomic mass is 9.98. The molecule has 4 nitrogen and oxygen atoms in total. The lowest BCUT2D eigenvalue weighted by Gasteiger charge is -2.30. The summed E-state index contributed by atoms with van der Waals surface area (Å²) in [5, 5.41) is 3.51. The standard InChI is InChI=1S/C16H24N4S/c1-20-7-3-4-11(10-20)9-18-16-13(15(17)21)8-12-5-2-6-14(12)19-16/h8,11H,2-7,9-10H2,1H3,(H2,17,21)(H,18,19). The lowest BCUT2D eigenvalue weighted by Crippen LogP contribution is -2.35. The normalized spacial score (nSPS) is 22.0. The molecule has 2 heterocycles. The Labute approximate surface area is 132 Å². The zero-order chi connectivity index (χ0) is 14.8. The molecule has 1 aromatic heterocycles. The molecule has 1 saturated heterocycles. The van der Waals surface area contributed by atoms with Crippen LogP contribution in [0.3, 0.4) is 0 Å². The molecule has 5 heteroatoms. The molecule has 1 aromatic rings. The maximum absolute atomic E-state index is 5.88. The molecule has 21 heavy (non-hydrogen) atoms. The quantitative estimate of drug-likeness (QED) is 0.833. The first-order chi connectivity index (χ1) is 10.1. The Balaban J connectivity index is 1.73. The predicted octanol–water partition coefficient (Wildman–Crippen LogP) is 1.96. The van der Waals surface area contributed by atoms with E-state index in [1.807, 2.05) is 0 Å². The second-order valence-electron chi connectivity index (χ2n) is 6.36. The van der Waals surface area contributed by atoms with E-state index in [1.54, 1.807) is 0 Å². The highest BCUT2D eigenvalue weighted by atomic mass is 32.1. The van der Waals surface area contributed by atoms with Gasteiger partial charge in [-0.25, -0.2) is 4.98 Å². The highest BCUT2D eigenvalue weighted by molar-refractivity contribution is 7.80. The Morgan fingerprint density at radius 2 is 2.33 bits per heavy atom. The summed E-state index contributed by atoms with van der Waals surface area (Å²) in [6.45, 7) is 3.32. The molecular formula is C16H24N4S. The van der Waals surface area contributed by atoms with Gasteiger partial charge in [-0.3, -0.25) is 0 Å². The molecule has 1 atom stereocenters. The number of nitrogens with zero attached hydrogens (tertiary/aromatic N) is 2. The number of nitrogens with one attached hydrogen (secondary N) is 1. The monoisotopic (exact) mass is 304 g/mol. The van der Waals surface area contributed by atoms with Gasteiger partial charge in [0.2, 0.25) is 0 Å². The summed E-state index contributed by atoms with van der Waals surface area (Å²) in [6, 6.07) is 2.15. The summed E-state index contributed by atoms with van der Waals surface area (Å²) in [5.74, 6) is 1.56. The van der Waals surface area contributed by atoms with Crippen molar-refractivity contribution >= 4 is 23.0 Å². The molecule has 1 unspecified atom stereocenters. The van der Waals surface area contributed by atoms with Crippen LogP contribution < -0.4 is 11.1 Å². The fourth-order valence-electron chi connectivity index (χ4n) is 3.48. The van der Waals surface area contributed by atoms with Crippen LogP contribution in [-0.2, 0) is 12.8 Å². The number of piperidine rings is 1. The Hall–Kier alpha value is -1.20. The van der Waals surface area contributed by atoms with Crippen LogP contribution in [0.4, 0.5) is 5.82 Å². The maximum atomic E-state index is 5.88. The Morgan fingerprint density at radius 3 is 3.10 bits per heavy atom. The number of nitrogens with two attached hydrogens (primary N) is 1. The number of aromatic nitrogens is 1. The van der Waals surface area contributed by atoms with Crippen molar-refractivity contribution in [3.05, 3.63) is 22.9 Å². The van der Waals surface area contributed by atoms with Gasteiger partial charge in [0.1, 0.15) is 10.8 Å². The first-order valence-electron chi connectivity index (χ1n) is 7.88. The van der Waals surface area contributed by atoms with Gasteiger partial charge in [0.25, 0.3) is 0 Å². The number of likely N-dealkylation sites (tertiary alicyclic amines) is 1.